The maximum absolute atomic E-state index is 7.58. The fourth-order valence-electron chi connectivity index (χ4n) is 5.46. The molecule has 0 aromatic carbocycles. The summed E-state index contributed by atoms with van der Waals surface area (Å²) >= 11 is 0. The molecule has 2 fully saturated rings. The highest BCUT2D eigenvalue weighted by Gasteiger charge is 2.39. The molecule has 1 atom stereocenters. The normalized spacial score (nSPS) is 22.1. The molecule has 0 aliphatic carbocycles. The number of nitrogens with zero attached hydrogens (tertiary/aromatic N) is 8. The van der Waals surface area contributed by atoms with Gasteiger partial charge >= 0.3 is 0 Å². The molecule has 0 saturated carbocycles. The topological polar surface area (TPSA) is 103 Å². The number of ether oxygens (including phenoxy) is 1. The molecule has 6 heterocycles. The molecule has 0 bridgehead atoms. The van der Waals surface area contributed by atoms with Crippen molar-refractivity contribution in [2.45, 2.75) is 56.7 Å². The number of hydrogen-bond donors (Lipinski definition) is 1. The number of fused-ring (bicyclic) bond motifs is 2. The van der Waals surface area contributed by atoms with Crippen molar-refractivity contribution < 1.29 is 4.74 Å². The summed E-state index contributed by atoms with van der Waals surface area (Å²) in [6, 6.07) is 4.09. The summed E-state index contributed by atoms with van der Waals surface area (Å²) in [4.78, 5) is 22.9. The van der Waals surface area contributed by atoms with Gasteiger partial charge in [0.1, 0.15) is 5.82 Å². The fourth-order valence-corrected chi connectivity index (χ4v) is 5.46. The van der Waals surface area contributed by atoms with Crippen molar-refractivity contribution in [3.05, 3.63) is 41.6 Å². The average Bonchev–Trinajstić information content (AvgIpc) is 3.32. The zero-order valence-corrected chi connectivity index (χ0v) is 19.9. The van der Waals surface area contributed by atoms with E-state index >= 15 is 0 Å². The summed E-state index contributed by atoms with van der Waals surface area (Å²) in [6.07, 6.45) is 10.1. The summed E-state index contributed by atoms with van der Waals surface area (Å²) in [7, 11) is 0. The first-order valence-electron chi connectivity index (χ1n) is 12.6. The van der Waals surface area contributed by atoms with Gasteiger partial charge in [0, 0.05) is 45.3 Å². The number of rotatable bonds is 4. The highest BCUT2D eigenvalue weighted by molar-refractivity contribution is 5.88. The van der Waals surface area contributed by atoms with Crippen LogP contribution in [0.15, 0.2) is 24.5 Å². The Morgan fingerprint density at radius 3 is 2.83 bits per heavy atom. The molecule has 3 aliphatic rings. The summed E-state index contributed by atoms with van der Waals surface area (Å²) in [5, 5.41) is 5.06. The van der Waals surface area contributed by atoms with Crippen LogP contribution in [0.4, 0.5) is 17.3 Å². The Bertz CT molecular complexity index is 1250. The zero-order valence-electron chi connectivity index (χ0n) is 19.9. The molecule has 0 spiro atoms. The van der Waals surface area contributed by atoms with Crippen molar-refractivity contribution in [1.29, 1.82) is 0 Å². The second kappa shape index (κ2) is 9.06. The minimum atomic E-state index is -0.450. The number of aryl methyl sites for hydroxylation is 1. The third-order valence-corrected chi connectivity index (χ3v) is 7.64. The number of pyridine rings is 1. The molecule has 35 heavy (non-hydrogen) atoms. The Balaban J connectivity index is 1.40. The summed E-state index contributed by atoms with van der Waals surface area (Å²) in [6.45, 7) is 11.1. The summed E-state index contributed by atoms with van der Waals surface area (Å²) in [5.41, 5.74) is 9.20. The maximum atomic E-state index is 7.58. The molecule has 6 rings (SSSR count). The molecular formula is C25H31N9O. The SMILES string of the molecule is [C-]#[N+]C1(CN)CCN(c2cnc3c(N4CCCc5ncccc54)nn(C4CCCCO4)c3n2)CC1. The van der Waals surface area contributed by atoms with Crippen molar-refractivity contribution in [3.8, 4) is 0 Å². The Morgan fingerprint density at radius 2 is 2.06 bits per heavy atom. The van der Waals surface area contributed by atoms with Gasteiger partial charge in [-0.1, -0.05) is 0 Å². The molecule has 3 aromatic heterocycles. The Labute approximate surface area is 204 Å². The van der Waals surface area contributed by atoms with E-state index in [4.69, 9.17) is 32.1 Å². The van der Waals surface area contributed by atoms with Crippen LogP contribution in [0.1, 0.15) is 50.4 Å². The van der Waals surface area contributed by atoms with E-state index in [1.165, 1.54) is 0 Å². The number of aromatic nitrogens is 5. The monoisotopic (exact) mass is 473 g/mol. The third kappa shape index (κ3) is 3.89. The molecular weight excluding hydrogens is 442 g/mol. The average molecular weight is 474 g/mol. The smallest absolute Gasteiger partial charge is 0.248 e. The van der Waals surface area contributed by atoms with E-state index in [2.05, 4.69) is 25.7 Å². The molecule has 0 amide bonds. The van der Waals surface area contributed by atoms with Gasteiger partial charge in [-0.15, -0.1) is 5.10 Å². The Morgan fingerprint density at radius 1 is 1.17 bits per heavy atom. The van der Waals surface area contributed by atoms with Crippen LogP contribution in [0.2, 0.25) is 0 Å². The van der Waals surface area contributed by atoms with Crippen molar-refractivity contribution in [2.24, 2.45) is 5.73 Å². The second-order valence-electron chi connectivity index (χ2n) is 9.74. The lowest BCUT2D eigenvalue weighted by Crippen LogP contribution is -2.47. The molecule has 182 valence electrons. The first kappa shape index (κ1) is 22.2. The standard InChI is InChI=1S/C25H31N9O/c1-27-25(17-26)9-13-32(14-10-25)20-16-29-22-23(30-20)34(21-8-2-3-15-35-21)31-24(22)33-12-5-6-18-19(33)7-4-11-28-18/h4,7,11,16,21H,2-3,5-6,8-10,12-15,17,26H2. The highest BCUT2D eigenvalue weighted by atomic mass is 16.5. The van der Waals surface area contributed by atoms with Gasteiger partial charge in [-0.05, 0) is 44.2 Å². The maximum Gasteiger partial charge on any atom is 0.248 e. The van der Waals surface area contributed by atoms with E-state index in [-0.39, 0.29) is 6.23 Å². The van der Waals surface area contributed by atoms with E-state index in [0.717, 1.165) is 105 Å². The fraction of sp³-hybridized carbons (Fsp3) is 0.560. The van der Waals surface area contributed by atoms with E-state index in [1.807, 2.05) is 23.1 Å². The number of anilines is 3. The third-order valence-electron chi connectivity index (χ3n) is 7.64. The number of nitrogens with two attached hydrogens (primary N) is 1. The van der Waals surface area contributed by atoms with Crippen LogP contribution < -0.4 is 15.5 Å². The van der Waals surface area contributed by atoms with Gasteiger partial charge in [0.05, 0.1) is 24.1 Å². The van der Waals surface area contributed by atoms with Gasteiger partial charge in [-0.2, -0.15) is 0 Å². The van der Waals surface area contributed by atoms with Crippen LogP contribution in [0, 0.1) is 6.57 Å². The quantitative estimate of drug-likeness (QED) is 0.576. The molecule has 2 N–H and O–H groups in total. The highest BCUT2D eigenvalue weighted by Crippen LogP contribution is 2.37. The molecule has 10 nitrogen and oxygen atoms in total. The molecule has 3 aliphatic heterocycles. The van der Waals surface area contributed by atoms with E-state index < -0.39 is 5.54 Å². The van der Waals surface area contributed by atoms with E-state index in [1.54, 1.807) is 0 Å². The van der Waals surface area contributed by atoms with Gasteiger partial charge < -0.3 is 25.1 Å². The second-order valence-corrected chi connectivity index (χ2v) is 9.74. The van der Waals surface area contributed by atoms with Crippen LogP contribution in [0.3, 0.4) is 0 Å². The van der Waals surface area contributed by atoms with Crippen LogP contribution in [-0.2, 0) is 11.2 Å². The Kier molecular flexibility index (Phi) is 5.74. The minimum absolute atomic E-state index is 0.143. The Hall–Kier alpha value is -3.29. The molecule has 10 heteroatoms. The first-order valence-corrected chi connectivity index (χ1v) is 12.6. The first-order chi connectivity index (χ1) is 17.2. The van der Waals surface area contributed by atoms with E-state index in [0.29, 0.717) is 6.54 Å². The van der Waals surface area contributed by atoms with Crippen molar-refractivity contribution in [3.63, 3.8) is 0 Å². The number of piperidine rings is 1. The van der Waals surface area contributed by atoms with Gasteiger partial charge in [0.2, 0.25) is 5.54 Å². The van der Waals surface area contributed by atoms with Gasteiger partial charge in [0.15, 0.2) is 23.2 Å². The molecule has 2 saturated heterocycles. The van der Waals surface area contributed by atoms with Crippen LogP contribution in [0.25, 0.3) is 16.0 Å². The molecule has 3 aromatic rings. The summed E-state index contributed by atoms with van der Waals surface area (Å²) in [5.74, 6) is 1.63. The predicted molar refractivity (Wildman–Crippen MR) is 134 cm³/mol. The molecule has 0 radical (unpaired) electrons. The van der Waals surface area contributed by atoms with Gasteiger partial charge in [0.25, 0.3) is 0 Å². The van der Waals surface area contributed by atoms with Crippen LogP contribution in [0.5, 0.6) is 0 Å². The number of hydrogen-bond acceptors (Lipinski definition) is 8. The minimum Gasteiger partial charge on any atom is -0.356 e. The lowest BCUT2D eigenvalue weighted by atomic mass is 9.88. The largest absolute Gasteiger partial charge is 0.356 e. The zero-order chi connectivity index (χ0) is 23.8. The van der Waals surface area contributed by atoms with Gasteiger partial charge in [-0.3, -0.25) is 4.98 Å². The summed E-state index contributed by atoms with van der Waals surface area (Å²) < 4.78 is 8.07. The predicted octanol–water partition coefficient (Wildman–Crippen LogP) is 3.22. The van der Waals surface area contributed by atoms with Gasteiger partial charge in [-0.25, -0.2) is 21.2 Å². The van der Waals surface area contributed by atoms with Crippen LogP contribution in [-0.4, -0.2) is 63.1 Å². The lowest BCUT2D eigenvalue weighted by Gasteiger charge is -2.33. The lowest BCUT2D eigenvalue weighted by molar-refractivity contribution is -0.0368. The van der Waals surface area contributed by atoms with Crippen LogP contribution >= 0.6 is 0 Å². The molecule has 1 unspecified atom stereocenters. The van der Waals surface area contributed by atoms with E-state index in [9.17, 15) is 0 Å². The van der Waals surface area contributed by atoms with Crippen molar-refractivity contribution in [1.82, 2.24) is 24.7 Å². The van der Waals surface area contributed by atoms with Crippen molar-refractivity contribution in [2.75, 3.05) is 42.6 Å². The van der Waals surface area contributed by atoms with Crippen molar-refractivity contribution >= 4 is 28.5 Å².